The summed E-state index contributed by atoms with van der Waals surface area (Å²) >= 11 is 6.14. The first-order valence-electron chi connectivity index (χ1n) is 11.9. The number of aryl methyl sites for hydroxylation is 1. The molecule has 0 heterocycles. The summed E-state index contributed by atoms with van der Waals surface area (Å²) < 4.78 is 31.8. The Kier molecular flexibility index (Phi) is 10.6. The summed E-state index contributed by atoms with van der Waals surface area (Å²) in [7, 11) is -2.27. The zero-order valence-electron chi connectivity index (χ0n) is 21.7. The summed E-state index contributed by atoms with van der Waals surface area (Å²) in [6.45, 7) is 7.09. The molecule has 2 aromatic carbocycles. The molecular formula is C26H36ClN3O5S. The van der Waals surface area contributed by atoms with Crippen molar-refractivity contribution in [2.24, 2.45) is 0 Å². The maximum absolute atomic E-state index is 13.7. The molecule has 0 aliphatic heterocycles. The predicted octanol–water partition coefficient (Wildman–Crippen LogP) is 4.15. The highest BCUT2D eigenvalue weighted by atomic mass is 35.5. The molecule has 198 valence electrons. The Labute approximate surface area is 219 Å². The summed E-state index contributed by atoms with van der Waals surface area (Å²) in [4.78, 5) is 28.3. The molecule has 0 saturated heterocycles. The number of benzene rings is 2. The Morgan fingerprint density at radius 3 is 2.25 bits per heavy atom. The number of rotatable bonds is 12. The van der Waals surface area contributed by atoms with Crippen LogP contribution in [-0.2, 0) is 26.2 Å². The van der Waals surface area contributed by atoms with Gasteiger partial charge in [-0.1, -0.05) is 43.6 Å². The summed E-state index contributed by atoms with van der Waals surface area (Å²) in [6, 6.07) is 11.2. The Bertz CT molecular complexity index is 1150. The average molecular weight is 538 g/mol. The van der Waals surface area contributed by atoms with Gasteiger partial charge < -0.3 is 15.0 Å². The van der Waals surface area contributed by atoms with E-state index in [1.165, 1.54) is 11.0 Å². The highest BCUT2D eigenvalue weighted by molar-refractivity contribution is 7.92. The molecule has 8 nitrogen and oxygen atoms in total. The molecule has 0 fully saturated rings. The quantitative estimate of drug-likeness (QED) is 0.439. The first-order valence-corrected chi connectivity index (χ1v) is 14.1. The molecule has 36 heavy (non-hydrogen) atoms. The van der Waals surface area contributed by atoms with Gasteiger partial charge in [0, 0.05) is 17.6 Å². The van der Waals surface area contributed by atoms with Crippen molar-refractivity contribution in [1.29, 1.82) is 0 Å². The van der Waals surface area contributed by atoms with Crippen molar-refractivity contribution < 1.29 is 22.7 Å². The van der Waals surface area contributed by atoms with Crippen LogP contribution >= 0.6 is 11.6 Å². The molecule has 0 saturated carbocycles. The number of amides is 2. The number of nitrogens with one attached hydrogen (secondary N) is 1. The number of sulfonamides is 1. The van der Waals surface area contributed by atoms with Crippen molar-refractivity contribution >= 4 is 39.1 Å². The van der Waals surface area contributed by atoms with Gasteiger partial charge >= 0.3 is 0 Å². The predicted molar refractivity (Wildman–Crippen MR) is 144 cm³/mol. The number of hydrogen-bond donors (Lipinski definition) is 1. The van der Waals surface area contributed by atoms with Gasteiger partial charge in [-0.15, -0.1) is 0 Å². The van der Waals surface area contributed by atoms with Crippen LogP contribution in [-0.4, -0.2) is 57.1 Å². The van der Waals surface area contributed by atoms with Crippen LogP contribution in [0.25, 0.3) is 0 Å². The van der Waals surface area contributed by atoms with Gasteiger partial charge in [0.1, 0.15) is 18.3 Å². The van der Waals surface area contributed by atoms with Crippen LogP contribution in [0.2, 0.25) is 5.02 Å². The fraction of sp³-hybridized carbons (Fsp3) is 0.462. The molecule has 0 spiro atoms. The second-order valence-electron chi connectivity index (χ2n) is 8.81. The third-order valence-electron chi connectivity index (χ3n) is 6.02. The van der Waals surface area contributed by atoms with E-state index < -0.39 is 28.5 Å². The highest BCUT2D eigenvalue weighted by Crippen LogP contribution is 2.27. The van der Waals surface area contributed by atoms with Crippen molar-refractivity contribution in [2.75, 3.05) is 24.2 Å². The molecule has 1 N–H and O–H groups in total. The molecule has 0 bridgehead atoms. The second kappa shape index (κ2) is 13.0. The fourth-order valence-electron chi connectivity index (χ4n) is 3.73. The Hall–Kier alpha value is -2.78. The number of anilines is 1. The number of nitrogens with zero attached hydrogens (tertiary/aromatic N) is 2. The van der Waals surface area contributed by atoms with Gasteiger partial charge in [0.05, 0.1) is 19.1 Å². The third-order valence-corrected chi connectivity index (χ3v) is 7.38. The molecule has 0 aliphatic carbocycles. The van der Waals surface area contributed by atoms with Gasteiger partial charge in [-0.05, 0) is 62.1 Å². The lowest BCUT2D eigenvalue weighted by Gasteiger charge is -2.33. The minimum absolute atomic E-state index is 0.0638. The van der Waals surface area contributed by atoms with Crippen molar-refractivity contribution in [3.63, 3.8) is 0 Å². The van der Waals surface area contributed by atoms with Crippen LogP contribution in [0.5, 0.6) is 5.75 Å². The van der Waals surface area contributed by atoms with E-state index >= 15 is 0 Å². The minimum atomic E-state index is -3.83. The standard InChI is InChI=1S/C26H36ClN3O5S/c1-7-19(4)28-26(32)23(8-2)29(16-20-10-13-22(35-5)14-11-20)25(31)17-30(36(6,33)34)24-15-21(27)12-9-18(24)3/h9-15,19,23H,7-8,16-17H2,1-6H3,(H,28,32)/t19-,23+/m1/s1. The Balaban J connectivity index is 2.48. The van der Waals surface area contributed by atoms with E-state index in [1.54, 1.807) is 38.3 Å². The van der Waals surface area contributed by atoms with Gasteiger partial charge in [-0.25, -0.2) is 8.42 Å². The summed E-state index contributed by atoms with van der Waals surface area (Å²) in [5, 5.41) is 3.30. The fourth-order valence-corrected chi connectivity index (χ4v) is 4.80. The lowest BCUT2D eigenvalue weighted by molar-refractivity contribution is -0.140. The minimum Gasteiger partial charge on any atom is -0.497 e. The van der Waals surface area contributed by atoms with Crippen LogP contribution in [0.1, 0.15) is 44.7 Å². The zero-order valence-corrected chi connectivity index (χ0v) is 23.3. The molecular weight excluding hydrogens is 502 g/mol. The van der Waals surface area contributed by atoms with Crippen molar-refractivity contribution in [2.45, 2.75) is 59.2 Å². The number of ether oxygens (including phenoxy) is 1. The van der Waals surface area contributed by atoms with Gasteiger partial charge in [0.15, 0.2) is 0 Å². The molecule has 2 aromatic rings. The lowest BCUT2D eigenvalue weighted by atomic mass is 10.1. The molecule has 2 amide bonds. The van der Waals surface area contributed by atoms with Crippen molar-refractivity contribution in [1.82, 2.24) is 10.2 Å². The van der Waals surface area contributed by atoms with Gasteiger partial charge in [-0.2, -0.15) is 0 Å². The smallest absolute Gasteiger partial charge is 0.244 e. The van der Waals surface area contributed by atoms with E-state index in [4.69, 9.17) is 16.3 Å². The largest absolute Gasteiger partial charge is 0.497 e. The number of halogens is 1. The van der Waals surface area contributed by atoms with Crippen molar-refractivity contribution in [3.05, 3.63) is 58.6 Å². The van der Waals surface area contributed by atoms with E-state index in [9.17, 15) is 18.0 Å². The van der Waals surface area contributed by atoms with Crippen LogP contribution < -0.4 is 14.4 Å². The maximum Gasteiger partial charge on any atom is 0.244 e. The molecule has 10 heteroatoms. The molecule has 0 unspecified atom stereocenters. The van der Waals surface area contributed by atoms with Crippen LogP contribution in [0.15, 0.2) is 42.5 Å². The number of hydrogen-bond acceptors (Lipinski definition) is 5. The third kappa shape index (κ3) is 7.86. The normalized spacial score (nSPS) is 13.0. The second-order valence-corrected chi connectivity index (χ2v) is 11.2. The van der Waals surface area contributed by atoms with E-state index in [0.29, 0.717) is 28.4 Å². The molecule has 0 aromatic heterocycles. The average Bonchev–Trinajstić information content (AvgIpc) is 2.83. The van der Waals surface area contributed by atoms with Crippen LogP contribution in [0.3, 0.4) is 0 Å². The number of carbonyl (C=O) groups is 2. The monoisotopic (exact) mass is 537 g/mol. The summed E-state index contributed by atoms with van der Waals surface area (Å²) in [5.74, 6) is -0.113. The van der Waals surface area contributed by atoms with Crippen LogP contribution in [0, 0.1) is 6.92 Å². The summed E-state index contributed by atoms with van der Waals surface area (Å²) in [6.07, 6.45) is 2.14. The van der Waals surface area contributed by atoms with Crippen molar-refractivity contribution in [3.8, 4) is 5.75 Å². The first kappa shape index (κ1) is 29.5. The van der Waals surface area contributed by atoms with Gasteiger partial charge in [0.25, 0.3) is 0 Å². The number of methoxy groups -OCH3 is 1. The number of carbonyl (C=O) groups excluding carboxylic acids is 2. The van der Waals surface area contributed by atoms with E-state index in [0.717, 1.165) is 22.5 Å². The highest BCUT2D eigenvalue weighted by Gasteiger charge is 2.32. The van der Waals surface area contributed by atoms with Gasteiger partial charge in [-0.3, -0.25) is 13.9 Å². The Morgan fingerprint density at radius 2 is 1.72 bits per heavy atom. The first-order chi connectivity index (χ1) is 16.9. The molecule has 0 aliphatic rings. The van der Waals surface area contributed by atoms with E-state index in [1.807, 2.05) is 32.9 Å². The Morgan fingerprint density at radius 1 is 1.08 bits per heavy atom. The SMILES string of the molecule is CC[C@@H](C)NC(=O)[C@H](CC)N(Cc1ccc(OC)cc1)C(=O)CN(c1cc(Cl)ccc1C)S(C)(=O)=O. The molecule has 2 rings (SSSR count). The van der Waals surface area contributed by atoms with E-state index in [2.05, 4.69) is 5.32 Å². The van der Waals surface area contributed by atoms with E-state index in [-0.39, 0.29) is 18.5 Å². The molecule has 2 atom stereocenters. The molecule has 0 radical (unpaired) electrons. The maximum atomic E-state index is 13.7. The summed E-state index contributed by atoms with van der Waals surface area (Å²) in [5.41, 5.74) is 1.75. The van der Waals surface area contributed by atoms with Crippen LogP contribution in [0.4, 0.5) is 5.69 Å². The topological polar surface area (TPSA) is 96.0 Å². The lowest BCUT2D eigenvalue weighted by Crippen LogP contribution is -2.53. The van der Waals surface area contributed by atoms with Gasteiger partial charge in [0.2, 0.25) is 21.8 Å². The zero-order chi connectivity index (χ0) is 27.0.